The van der Waals surface area contributed by atoms with Crippen molar-refractivity contribution in [3.05, 3.63) is 0 Å². The molecule has 0 spiro atoms. The van der Waals surface area contributed by atoms with Crippen molar-refractivity contribution in [2.45, 2.75) is 135 Å². The zero-order valence-corrected chi connectivity index (χ0v) is 38.7. The molecule has 7 atom stereocenters. The summed E-state index contributed by atoms with van der Waals surface area (Å²) < 4.78 is 0. The van der Waals surface area contributed by atoms with Crippen molar-refractivity contribution in [2.24, 2.45) is 39.9 Å². The molecule has 0 unspecified atom stereocenters. The van der Waals surface area contributed by atoms with Crippen molar-refractivity contribution in [3.63, 3.8) is 0 Å². The third kappa shape index (κ3) is 18.0. The van der Waals surface area contributed by atoms with Crippen LogP contribution in [-0.2, 0) is 43.2 Å². The molecule has 2 rings (SSSR count). The quantitative estimate of drug-likeness (QED) is 0.0194. The molecule has 2 fully saturated rings. The number of likely N-dealkylation sites (tertiary alicyclic amines) is 2. The molecule has 0 radical (unpaired) electrons. The van der Waals surface area contributed by atoms with E-state index >= 15 is 0 Å². The molecule has 0 aromatic carbocycles. The number of carbonyl (C=O) groups is 9. The van der Waals surface area contributed by atoms with Gasteiger partial charge in [0.15, 0.2) is 5.96 Å². The van der Waals surface area contributed by atoms with Crippen LogP contribution >= 0.6 is 11.8 Å². The van der Waals surface area contributed by atoms with Crippen LogP contribution in [0.25, 0.3) is 0 Å². The molecule has 0 aromatic heterocycles. The van der Waals surface area contributed by atoms with Crippen LogP contribution in [0.1, 0.15) is 92.9 Å². The summed E-state index contributed by atoms with van der Waals surface area (Å²) >= 11 is 1.50. The van der Waals surface area contributed by atoms with Crippen LogP contribution in [0.15, 0.2) is 4.99 Å². The molecule has 356 valence electrons. The Hall–Kier alpha value is -4.99. The third-order valence-corrected chi connectivity index (χ3v) is 11.5. The summed E-state index contributed by atoms with van der Waals surface area (Å²) in [6, 6.07) is -6.38. The Labute approximate surface area is 375 Å². The minimum absolute atomic E-state index is 0.0243. The van der Waals surface area contributed by atoms with Gasteiger partial charge in [-0.25, -0.2) is 0 Å². The van der Waals surface area contributed by atoms with Gasteiger partial charge in [-0.05, 0) is 81.1 Å². The monoisotopic (exact) mass is 909 g/mol. The highest BCUT2D eigenvalue weighted by Gasteiger charge is 2.39. The van der Waals surface area contributed by atoms with E-state index in [0.717, 1.165) is 6.29 Å². The number of rotatable bonds is 26. The first kappa shape index (κ1) is 54.1. The van der Waals surface area contributed by atoms with Crippen LogP contribution in [0.4, 0.5) is 0 Å². The number of hydrogen-bond donors (Lipinski definition) is 9. The van der Waals surface area contributed by atoms with E-state index < -0.39 is 96.7 Å². The molecule has 0 aromatic rings. The van der Waals surface area contributed by atoms with E-state index in [1.165, 1.54) is 21.6 Å². The Kier molecular flexibility index (Phi) is 23.4. The Bertz CT molecular complexity index is 1630. The standard InChI is InChI=1S/C41H72N12O9S/c1-23(2)19-29(50-36(58)28(14-18-63-7)49-38(60)33(42)24(3)4)39(61)53-17-10-13-30(53)37(59)47-20-31(55)48-27(12-8-15-45-41(43)44)35(57)46-21-32(56)51-34(25(5)6)40(62)52-16-9-11-26(52)22-54/h22-30,33-34H,8-21,42H2,1-7H3,(H,46,57)(H,47,59)(H,48,55)(H,49,60)(H,50,58)(H,51,56)(H4,43,44,45)/t26-,27-,28-,29-,30-,33-,34-/m0/s1. The maximum atomic E-state index is 14.0. The number of nitrogens with one attached hydrogen (secondary N) is 6. The van der Waals surface area contributed by atoms with Gasteiger partial charge in [0, 0.05) is 19.6 Å². The summed E-state index contributed by atoms with van der Waals surface area (Å²) in [5, 5.41) is 15.8. The predicted molar refractivity (Wildman–Crippen MR) is 239 cm³/mol. The average molecular weight is 909 g/mol. The summed E-state index contributed by atoms with van der Waals surface area (Å²) in [6.07, 6.45) is 5.48. The maximum absolute atomic E-state index is 14.0. The van der Waals surface area contributed by atoms with Crippen LogP contribution in [-0.4, -0.2) is 156 Å². The number of aliphatic imine (C=N–C) groups is 1. The lowest BCUT2D eigenvalue weighted by Crippen LogP contribution is -2.58. The number of carbonyl (C=O) groups excluding carboxylic acids is 9. The van der Waals surface area contributed by atoms with Crippen molar-refractivity contribution >= 4 is 71.3 Å². The smallest absolute Gasteiger partial charge is 0.246 e. The van der Waals surface area contributed by atoms with E-state index in [2.05, 4.69) is 36.9 Å². The number of aldehydes is 1. The van der Waals surface area contributed by atoms with Gasteiger partial charge in [0.25, 0.3) is 0 Å². The molecule has 63 heavy (non-hydrogen) atoms. The molecule has 0 aliphatic carbocycles. The second-order valence-corrected chi connectivity index (χ2v) is 18.1. The van der Waals surface area contributed by atoms with Crippen LogP contribution in [0.5, 0.6) is 0 Å². The largest absolute Gasteiger partial charge is 0.370 e. The van der Waals surface area contributed by atoms with Crippen molar-refractivity contribution in [3.8, 4) is 0 Å². The van der Waals surface area contributed by atoms with E-state index in [1.807, 2.05) is 20.1 Å². The van der Waals surface area contributed by atoms with Gasteiger partial charge in [-0.15, -0.1) is 0 Å². The lowest BCUT2D eigenvalue weighted by atomic mass is 10.0. The highest BCUT2D eigenvalue weighted by atomic mass is 32.2. The van der Waals surface area contributed by atoms with Crippen LogP contribution in [0.2, 0.25) is 0 Å². The van der Waals surface area contributed by atoms with Crippen molar-refractivity contribution < 1.29 is 43.2 Å². The molecule has 12 N–H and O–H groups in total. The molecule has 2 aliphatic rings. The van der Waals surface area contributed by atoms with Crippen molar-refractivity contribution in [1.82, 2.24) is 41.7 Å². The number of nitrogens with two attached hydrogens (primary N) is 3. The van der Waals surface area contributed by atoms with Gasteiger partial charge in [0.1, 0.15) is 36.5 Å². The number of hydrogen-bond acceptors (Lipinski definition) is 12. The van der Waals surface area contributed by atoms with Crippen LogP contribution in [0, 0.1) is 17.8 Å². The fourth-order valence-corrected chi connectivity index (χ4v) is 7.73. The van der Waals surface area contributed by atoms with Gasteiger partial charge >= 0.3 is 0 Å². The highest BCUT2D eigenvalue weighted by molar-refractivity contribution is 7.98. The fraction of sp³-hybridized carbons (Fsp3) is 0.756. The molecule has 0 bridgehead atoms. The zero-order valence-electron chi connectivity index (χ0n) is 37.9. The Balaban J connectivity index is 2.10. The zero-order chi connectivity index (χ0) is 47.4. The SMILES string of the molecule is CSCC[C@H](NC(=O)[C@@H](N)C(C)C)C(=O)N[C@@H](CC(C)C)C(=O)N1CCC[C@H]1C(=O)NCC(=O)N[C@@H](CCCN=C(N)N)C(=O)NCC(=O)N[C@H](C(=O)N1CCC[C@H]1C=O)C(C)C. The summed E-state index contributed by atoms with van der Waals surface area (Å²) in [7, 11) is 0. The highest BCUT2D eigenvalue weighted by Crippen LogP contribution is 2.21. The minimum atomic E-state index is -1.17. The third-order valence-electron chi connectivity index (χ3n) is 10.9. The molecule has 22 heteroatoms. The van der Waals surface area contributed by atoms with Crippen molar-refractivity contribution in [1.29, 1.82) is 0 Å². The molecule has 2 saturated heterocycles. The van der Waals surface area contributed by atoms with E-state index in [1.54, 1.807) is 27.7 Å². The second kappa shape index (κ2) is 27.3. The van der Waals surface area contributed by atoms with Crippen LogP contribution in [0.3, 0.4) is 0 Å². The Morgan fingerprint density at radius 3 is 1.94 bits per heavy atom. The van der Waals surface area contributed by atoms with E-state index in [4.69, 9.17) is 17.2 Å². The van der Waals surface area contributed by atoms with Gasteiger partial charge in [-0.2, -0.15) is 11.8 Å². The van der Waals surface area contributed by atoms with Gasteiger partial charge < -0.3 is 63.7 Å². The molecular weight excluding hydrogens is 837 g/mol. The minimum Gasteiger partial charge on any atom is -0.370 e. The fourth-order valence-electron chi connectivity index (χ4n) is 7.26. The number of thioether (sulfide) groups is 1. The summed E-state index contributed by atoms with van der Waals surface area (Å²) in [6.45, 7) is 10.6. The summed E-state index contributed by atoms with van der Waals surface area (Å²) in [5.74, 6) is -4.69. The Morgan fingerprint density at radius 2 is 1.33 bits per heavy atom. The van der Waals surface area contributed by atoms with Gasteiger partial charge in [-0.3, -0.25) is 43.3 Å². The van der Waals surface area contributed by atoms with Gasteiger partial charge in [-0.1, -0.05) is 41.5 Å². The number of amides is 8. The van der Waals surface area contributed by atoms with Gasteiger partial charge in [0.2, 0.25) is 47.3 Å². The van der Waals surface area contributed by atoms with Gasteiger partial charge in [0.05, 0.1) is 25.2 Å². The molecular formula is C41H72N12O9S. The first-order chi connectivity index (χ1) is 29.7. The molecule has 8 amide bonds. The normalized spacial score (nSPS) is 18.5. The predicted octanol–water partition coefficient (Wildman–Crippen LogP) is -2.17. The first-order valence-corrected chi connectivity index (χ1v) is 23.2. The average Bonchev–Trinajstić information content (AvgIpc) is 3.93. The molecule has 2 aliphatic heterocycles. The lowest BCUT2D eigenvalue weighted by molar-refractivity contribution is -0.142. The summed E-state index contributed by atoms with van der Waals surface area (Å²) in [4.78, 5) is 125. The molecule has 21 nitrogen and oxygen atoms in total. The van der Waals surface area contributed by atoms with Crippen molar-refractivity contribution in [2.75, 3.05) is 44.7 Å². The molecule has 2 heterocycles. The van der Waals surface area contributed by atoms with E-state index in [9.17, 15) is 43.2 Å². The molecule has 0 saturated carbocycles. The number of nitrogens with zero attached hydrogens (tertiary/aromatic N) is 3. The maximum Gasteiger partial charge on any atom is 0.246 e. The summed E-state index contributed by atoms with van der Waals surface area (Å²) in [5.41, 5.74) is 16.9. The first-order valence-electron chi connectivity index (χ1n) is 21.8. The number of guanidine groups is 1. The Morgan fingerprint density at radius 1 is 0.730 bits per heavy atom. The van der Waals surface area contributed by atoms with E-state index in [0.29, 0.717) is 44.4 Å². The van der Waals surface area contributed by atoms with Crippen LogP contribution < -0.4 is 49.1 Å². The second-order valence-electron chi connectivity index (χ2n) is 17.2. The lowest BCUT2D eigenvalue weighted by Gasteiger charge is -2.31. The topological polar surface area (TPSA) is 323 Å². The van der Waals surface area contributed by atoms with E-state index in [-0.39, 0.29) is 62.0 Å².